The van der Waals surface area contributed by atoms with Crippen LogP contribution in [-0.2, 0) is 23.4 Å². The van der Waals surface area contributed by atoms with Crippen LogP contribution in [0.5, 0.6) is 11.5 Å². The quantitative estimate of drug-likeness (QED) is 0.508. The summed E-state index contributed by atoms with van der Waals surface area (Å²) in [5.74, 6) is 1.14. The van der Waals surface area contributed by atoms with E-state index in [9.17, 15) is 18.4 Å². The van der Waals surface area contributed by atoms with Crippen LogP contribution >= 0.6 is 23.1 Å². The highest BCUT2D eigenvalue weighted by Gasteiger charge is 2.43. The number of rotatable bonds is 6. The molecule has 0 spiro atoms. The molecular formula is C21H19F2N3O4S2. The molecule has 0 unspecified atom stereocenters. The molecule has 1 aromatic carbocycles. The Hall–Kier alpha value is -2.66. The standard InChI is InChI=1S/C21H19F2N3O4S2/c22-21(23)29-13-6-5-11(9-14(13)30-21)24-17(27)7-8-31-10-16-25-19(28)18-12-3-1-2-4-15(12)32-20(18)26-16/h5-6,9H,1-4,7-8,10H2,(H,24,27)(H,25,26,28). The van der Waals surface area contributed by atoms with Gasteiger partial charge in [-0.25, -0.2) is 4.98 Å². The highest BCUT2D eigenvalue weighted by molar-refractivity contribution is 7.98. The van der Waals surface area contributed by atoms with Crippen LogP contribution in [-0.4, -0.2) is 27.9 Å². The molecule has 32 heavy (non-hydrogen) atoms. The van der Waals surface area contributed by atoms with E-state index in [0.717, 1.165) is 41.5 Å². The molecule has 3 aromatic rings. The van der Waals surface area contributed by atoms with Gasteiger partial charge in [0.05, 0.1) is 11.1 Å². The Morgan fingerprint density at radius 2 is 2.06 bits per heavy atom. The van der Waals surface area contributed by atoms with E-state index in [2.05, 4.69) is 24.8 Å². The summed E-state index contributed by atoms with van der Waals surface area (Å²) in [5, 5.41) is 3.39. The zero-order valence-electron chi connectivity index (χ0n) is 16.8. The number of anilines is 1. The number of aromatic amines is 1. The van der Waals surface area contributed by atoms with Crippen LogP contribution in [0.25, 0.3) is 10.2 Å². The third-order valence-electron chi connectivity index (χ3n) is 5.27. The van der Waals surface area contributed by atoms with Gasteiger partial charge in [-0.3, -0.25) is 9.59 Å². The van der Waals surface area contributed by atoms with E-state index >= 15 is 0 Å². The van der Waals surface area contributed by atoms with E-state index in [1.807, 2.05) is 0 Å². The molecule has 1 amide bonds. The van der Waals surface area contributed by atoms with Gasteiger partial charge in [-0.05, 0) is 43.4 Å². The van der Waals surface area contributed by atoms with Gasteiger partial charge in [0, 0.05) is 28.8 Å². The molecule has 0 saturated heterocycles. The molecule has 5 rings (SSSR count). The number of thiophene rings is 1. The van der Waals surface area contributed by atoms with E-state index in [4.69, 9.17) is 0 Å². The van der Waals surface area contributed by atoms with Crippen molar-refractivity contribution in [2.24, 2.45) is 0 Å². The van der Waals surface area contributed by atoms with Crippen molar-refractivity contribution in [3.8, 4) is 11.5 Å². The lowest BCUT2D eigenvalue weighted by atomic mass is 9.97. The van der Waals surface area contributed by atoms with Gasteiger partial charge in [0.2, 0.25) is 5.91 Å². The first-order chi connectivity index (χ1) is 15.4. The van der Waals surface area contributed by atoms with Crippen molar-refractivity contribution in [3.63, 3.8) is 0 Å². The molecule has 1 aliphatic carbocycles. The van der Waals surface area contributed by atoms with Gasteiger partial charge in [0.25, 0.3) is 5.56 Å². The Morgan fingerprint density at radius 3 is 2.94 bits per heavy atom. The second-order valence-corrected chi connectivity index (χ2v) is 9.77. The molecule has 0 fully saturated rings. The monoisotopic (exact) mass is 479 g/mol. The van der Waals surface area contributed by atoms with Crippen LogP contribution in [0.3, 0.4) is 0 Å². The van der Waals surface area contributed by atoms with Gasteiger partial charge >= 0.3 is 6.29 Å². The van der Waals surface area contributed by atoms with E-state index < -0.39 is 6.29 Å². The first kappa shape index (κ1) is 21.2. The summed E-state index contributed by atoms with van der Waals surface area (Å²) < 4.78 is 34.9. The highest BCUT2D eigenvalue weighted by Crippen LogP contribution is 2.42. The molecule has 2 N–H and O–H groups in total. The number of ether oxygens (including phenoxy) is 2. The van der Waals surface area contributed by atoms with Crippen molar-refractivity contribution in [3.05, 3.63) is 44.8 Å². The van der Waals surface area contributed by atoms with Gasteiger partial charge in [0.1, 0.15) is 10.7 Å². The lowest BCUT2D eigenvalue weighted by Crippen LogP contribution is -2.25. The third kappa shape index (κ3) is 4.31. The summed E-state index contributed by atoms with van der Waals surface area (Å²) in [5.41, 5.74) is 1.42. The molecular weight excluding hydrogens is 460 g/mol. The Bertz CT molecular complexity index is 1260. The molecule has 168 valence electrons. The third-order valence-corrected chi connectivity index (χ3v) is 7.43. The number of alkyl halides is 2. The zero-order valence-corrected chi connectivity index (χ0v) is 18.5. The molecule has 3 heterocycles. The van der Waals surface area contributed by atoms with Crippen LogP contribution < -0.4 is 20.3 Å². The molecule has 11 heteroatoms. The number of hydrogen-bond donors (Lipinski definition) is 2. The average Bonchev–Trinajstić information content (AvgIpc) is 3.26. The average molecular weight is 480 g/mol. The lowest BCUT2D eigenvalue weighted by Gasteiger charge is -2.09. The van der Waals surface area contributed by atoms with Crippen LogP contribution in [0.4, 0.5) is 14.5 Å². The number of aryl methyl sites for hydroxylation is 2. The fourth-order valence-electron chi connectivity index (χ4n) is 3.86. The molecule has 0 saturated carbocycles. The minimum Gasteiger partial charge on any atom is -0.395 e. The van der Waals surface area contributed by atoms with Crippen molar-refractivity contribution in [2.45, 2.75) is 44.2 Å². The van der Waals surface area contributed by atoms with E-state index in [1.54, 1.807) is 11.3 Å². The van der Waals surface area contributed by atoms with E-state index in [-0.39, 0.29) is 29.4 Å². The van der Waals surface area contributed by atoms with Crippen molar-refractivity contribution < 1.29 is 23.0 Å². The van der Waals surface area contributed by atoms with E-state index in [1.165, 1.54) is 34.8 Å². The number of nitrogens with one attached hydrogen (secondary N) is 2. The Balaban J connectivity index is 1.14. The fourth-order valence-corrected chi connectivity index (χ4v) is 5.95. The number of carbonyl (C=O) groups excluding carboxylic acids is 1. The van der Waals surface area contributed by atoms with Crippen LogP contribution in [0.2, 0.25) is 0 Å². The topological polar surface area (TPSA) is 93.3 Å². The summed E-state index contributed by atoms with van der Waals surface area (Å²) in [7, 11) is 0. The number of aromatic nitrogens is 2. The van der Waals surface area contributed by atoms with Gasteiger partial charge in [-0.15, -0.1) is 20.1 Å². The second-order valence-electron chi connectivity index (χ2n) is 7.58. The van der Waals surface area contributed by atoms with Crippen molar-refractivity contribution >= 4 is 44.9 Å². The highest BCUT2D eigenvalue weighted by atomic mass is 32.2. The minimum absolute atomic E-state index is 0.0754. The van der Waals surface area contributed by atoms with Crippen LogP contribution in [0.1, 0.15) is 35.5 Å². The number of benzene rings is 1. The molecule has 7 nitrogen and oxygen atoms in total. The Morgan fingerprint density at radius 1 is 1.25 bits per heavy atom. The summed E-state index contributed by atoms with van der Waals surface area (Å²) in [6.07, 6.45) is 0.741. The summed E-state index contributed by atoms with van der Waals surface area (Å²) >= 11 is 3.10. The lowest BCUT2D eigenvalue weighted by molar-refractivity contribution is -0.286. The van der Waals surface area contributed by atoms with Gasteiger partial charge in [-0.2, -0.15) is 11.8 Å². The number of H-pyrrole nitrogens is 1. The van der Waals surface area contributed by atoms with Gasteiger partial charge in [0.15, 0.2) is 11.5 Å². The largest absolute Gasteiger partial charge is 0.586 e. The first-order valence-corrected chi connectivity index (χ1v) is 12.2. The fraction of sp³-hybridized carbons (Fsp3) is 0.381. The number of thioether (sulfide) groups is 1. The summed E-state index contributed by atoms with van der Waals surface area (Å²) in [6, 6.07) is 4.09. The maximum atomic E-state index is 13.1. The molecule has 0 bridgehead atoms. The van der Waals surface area contributed by atoms with Crippen LogP contribution in [0.15, 0.2) is 23.0 Å². The normalized spacial score (nSPS) is 16.2. The van der Waals surface area contributed by atoms with Gasteiger partial charge < -0.3 is 19.8 Å². The predicted molar refractivity (Wildman–Crippen MR) is 119 cm³/mol. The first-order valence-electron chi connectivity index (χ1n) is 10.2. The second kappa shape index (κ2) is 8.36. The summed E-state index contributed by atoms with van der Waals surface area (Å²) in [6.45, 7) is 0. The van der Waals surface area contributed by atoms with Crippen molar-refractivity contribution in [2.75, 3.05) is 11.1 Å². The maximum Gasteiger partial charge on any atom is 0.586 e. The summed E-state index contributed by atoms with van der Waals surface area (Å²) in [4.78, 5) is 34.3. The number of fused-ring (bicyclic) bond motifs is 4. The number of carbonyl (C=O) groups is 1. The Kier molecular flexibility index (Phi) is 5.54. The molecule has 2 aliphatic rings. The SMILES string of the molecule is O=C(CCSCc1nc2sc3c(c2c(=O)[nH]1)CCCC3)Nc1ccc2c(c1)OC(F)(F)O2. The molecule has 2 aromatic heterocycles. The molecule has 0 radical (unpaired) electrons. The zero-order chi connectivity index (χ0) is 22.3. The number of halogens is 2. The van der Waals surface area contributed by atoms with Crippen LogP contribution in [0, 0.1) is 0 Å². The number of amides is 1. The van der Waals surface area contributed by atoms with Crippen molar-refractivity contribution in [1.29, 1.82) is 0 Å². The van der Waals surface area contributed by atoms with E-state index in [0.29, 0.717) is 23.0 Å². The maximum absolute atomic E-state index is 13.1. The number of hydrogen-bond acceptors (Lipinski definition) is 7. The number of nitrogens with zero attached hydrogens (tertiary/aromatic N) is 1. The molecule has 1 aliphatic heterocycles. The molecule has 0 atom stereocenters. The van der Waals surface area contributed by atoms with Crippen molar-refractivity contribution in [1.82, 2.24) is 9.97 Å². The minimum atomic E-state index is -3.69. The van der Waals surface area contributed by atoms with Gasteiger partial charge in [-0.1, -0.05) is 0 Å². The predicted octanol–water partition coefficient (Wildman–Crippen LogP) is 4.45. The Labute approximate surface area is 189 Å². The smallest absolute Gasteiger partial charge is 0.395 e.